The lowest BCUT2D eigenvalue weighted by Crippen LogP contribution is -2.58. The second kappa shape index (κ2) is 7.04. The molecule has 0 aromatic carbocycles. The number of hydrogen-bond donors (Lipinski definition) is 0. The molecule has 1 saturated carbocycles. The van der Waals surface area contributed by atoms with Crippen molar-refractivity contribution in [3.05, 3.63) is 55.5 Å². The number of pyridine rings is 1. The van der Waals surface area contributed by atoms with Gasteiger partial charge in [0.25, 0.3) is 0 Å². The van der Waals surface area contributed by atoms with Gasteiger partial charge in [0.05, 0.1) is 24.4 Å². The standard InChI is InChI=1S/C22H22N8O2/c1-32-20-16(3-2-7-24-20)17-13-25-30-9-4-18(26-19(17)30)27-11-12-29(22(14-27)5-6-22)21(31)28-10-8-23-15-28/h2-4,7-10,13,15H,5-6,11-12,14H2,1H3. The van der Waals surface area contributed by atoms with Crippen molar-refractivity contribution >= 4 is 17.5 Å². The third-order valence-corrected chi connectivity index (χ3v) is 6.37. The number of rotatable bonds is 3. The van der Waals surface area contributed by atoms with Crippen LogP contribution in [0.3, 0.4) is 0 Å². The van der Waals surface area contributed by atoms with E-state index in [1.807, 2.05) is 29.3 Å². The van der Waals surface area contributed by atoms with Crippen LogP contribution >= 0.6 is 0 Å². The molecule has 1 aliphatic heterocycles. The summed E-state index contributed by atoms with van der Waals surface area (Å²) in [6.45, 7) is 2.12. The van der Waals surface area contributed by atoms with Crippen LogP contribution in [0.15, 0.2) is 55.5 Å². The third-order valence-electron chi connectivity index (χ3n) is 6.37. The second-order valence-corrected chi connectivity index (χ2v) is 8.22. The highest BCUT2D eigenvalue weighted by molar-refractivity contribution is 5.81. The smallest absolute Gasteiger partial charge is 0.329 e. The first-order valence-electron chi connectivity index (χ1n) is 10.6. The van der Waals surface area contributed by atoms with Gasteiger partial charge in [-0.05, 0) is 31.0 Å². The number of carbonyl (C=O) groups is 1. The van der Waals surface area contributed by atoms with Crippen LogP contribution in [0.4, 0.5) is 10.6 Å². The van der Waals surface area contributed by atoms with Crippen LogP contribution in [0.25, 0.3) is 16.8 Å². The molecule has 1 saturated heterocycles. The molecule has 0 atom stereocenters. The summed E-state index contributed by atoms with van der Waals surface area (Å²) in [7, 11) is 1.61. The van der Waals surface area contributed by atoms with Crippen LogP contribution in [0.5, 0.6) is 5.88 Å². The number of aromatic nitrogens is 6. The lowest BCUT2D eigenvalue weighted by molar-refractivity contribution is 0.157. The van der Waals surface area contributed by atoms with Gasteiger partial charge in [-0.3, -0.25) is 4.57 Å². The average Bonchev–Trinajstić information content (AvgIpc) is 3.24. The van der Waals surface area contributed by atoms with Crippen LogP contribution in [0.2, 0.25) is 0 Å². The van der Waals surface area contributed by atoms with Crippen molar-refractivity contribution in [2.24, 2.45) is 0 Å². The molecule has 1 aliphatic carbocycles. The summed E-state index contributed by atoms with van der Waals surface area (Å²) in [6, 6.07) is 5.80. The predicted molar refractivity (Wildman–Crippen MR) is 117 cm³/mol. The minimum absolute atomic E-state index is 0.00943. The zero-order chi connectivity index (χ0) is 21.7. The number of hydrogen-bond acceptors (Lipinski definition) is 7. The first-order valence-corrected chi connectivity index (χ1v) is 10.6. The Morgan fingerprint density at radius 3 is 2.81 bits per heavy atom. The maximum absolute atomic E-state index is 12.9. The maximum Gasteiger partial charge on any atom is 0.329 e. The van der Waals surface area contributed by atoms with E-state index in [9.17, 15) is 4.79 Å². The molecule has 0 N–H and O–H groups in total. The Morgan fingerprint density at radius 2 is 2.03 bits per heavy atom. The minimum atomic E-state index is -0.136. The zero-order valence-corrected chi connectivity index (χ0v) is 17.6. The third kappa shape index (κ3) is 2.90. The van der Waals surface area contributed by atoms with E-state index >= 15 is 0 Å². The fourth-order valence-electron chi connectivity index (χ4n) is 4.54. The molecule has 10 heteroatoms. The highest BCUT2D eigenvalue weighted by Gasteiger charge is 2.53. The van der Waals surface area contributed by atoms with Crippen molar-refractivity contribution < 1.29 is 9.53 Å². The average molecular weight is 430 g/mol. The monoisotopic (exact) mass is 430 g/mol. The van der Waals surface area contributed by atoms with Crippen molar-refractivity contribution in [1.82, 2.24) is 34.0 Å². The van der Waals surface area contributed by atoms with Crippen LogP contribution in [-0.2, 0) is 0 Å². The fraction of sp³-hybridized carbons (Fsp3) is 0.318. The molecule has 1 amide bonds. The number of fused-ring (bicyclic) bond motifs is 1. The fourth-order valence-corrected chi connectivity index (χ4v) is 4.54. The normalized spacial score (nSPS) is 17.2. The zero-order valence-electron chi connectivity index (χ0n) is 17.6. The molecule has 162 valence electrons. The summed E-state index contributed by atoms with van der Waals surface area (Å²) in [5.74, 6) is 1.42. The number of amides is 1. The van der Waals surface area contributed by atoms with E-state index in [1.165, 1.54) is 0 Å². The van der Waals surface area contributed by atoms with E-state index < -0.39 is 0 Å². The lowest BCUT2D eigenvalue weighted by Gasteiger charge is -2.42. The van der Waals surface area contributed by atoms with Crippen LogP contribution in [0, 0.1) is 0 Å². The number of ether oxygens (including phenoxy) is 1. The van der Waals surface area contributed by atoms with E-state index in [1.54, 1.807) is 47.3 Å². The summed E-state index contributed by atoms with van der Waals surface area (Å²) in [5, 5.41) is 4.45. The molecule has 4 aromatic heterocycles. The van der Waals surface area contributed by atoms with Gasteiger partial charge in [-0.1, -0.05) is 0 Å². The molecule has 2 fully saturated rings. The van der Waals surface area contributed by atoms with Gasteiger partial charge >= 0.3 is 6.03 Å². The first-order chi connectivity index (χ1) is 15.7. The van der Waals surface area contributed by atoms with Crippen molar-refractivity contribution in [1.29, 1.82) is 0 Å². The molecular formula is C22H22N8O2. The van der Waals surface area contributed by atoms with E-state index in [4.69, 9.17) is 9.72 Å². The van der Waals surface area contributed by atoms with E-state index in [2.05, 4.69) is 20.0 Å². The molecule has 0 unspecified atom stereocenters. The van der Waals surface area contributed by atoms with Gasteiger partial charge in [-0.15, -0.1) is 0 Å². The number of methoxy groups -OCH3 is 1. The number of imidazole rings is 1. The first kappa shape index (κ1) is 18.8. The van der Waals surface area contributed by atoms with Crippen LogP contribution in [0.1, 0.15) is 12.8 Å². The van der Waals surface area contributed by atoms with Gasteiger partial charge in [-0.2, -0.15) is 5.10 Å². The summed E-state index contributed by atoms with van der Waals surface area (Å²) < 4.78 is 8.75. The van der Waals surface area contributed by atoms with E-state index in [0.717, 1.165) is 42.0 Å². The molecule has 0 bridgehead atoms. The van der Waals surface area contributed by atoms with Gasteiger partial charge in [0.1, 0.15) is 12.1 Å². The molecular weight excluding hydrogens is 408 g/mol. The molecule has 0 radical (unpaired) electrons. The van der Waals surface area contributed by atoms with Crippen molar-refractivity contribution in [3.8, 4) is 17.0 Å². The van der Waals surface area contributed by atoms with Crippen LogP contribution < -0.4 is 9.64 Å². The van der Waals surface area contributed by atoms with Gasteiger partial charge in [0, 0.05) is 50.0 Å². The highest BCUT2D eigenvalue weighted by atomic mass is 16.5. The Bertz CT molecular complexity index is 1290. The van der Waals surface area contributed by atoms with Gasteiger partial charge < -0.3 is 14.5 Å². The van der Waals surface area contributed by atoms with Gasteiger partial charge in [-0.25, -0.2) is 24.3 Å². The molecule has 4 aromatic rings. The number of anilines is 1. The maximum atomic E-state index is 12.9. The number of carbonyl (C=O) groups excluding carboxylic acids is 1. The Labute approximate surface area is 184 Å². The lowest BCUT2D eigenvalue weighted by atomic mass is 10.1. The van der Waals surface area contributed by atoms with E-state index in [0.29, 0.717) is 19.0 Å². The number of piperazine rings is 1. The largest absolute Gasteiger partial charge is 0.481 e. The molecule has 6 rings (SSSR count). The van der Waals surface area contributed by atoms with Crippen molar-refractivity contribution in [2.45, 2.75) is 18.4 Å². The molecule has 1 spiro atoms. The molecule has 32 heavy (non-hydrogen) atoms. The van der Waals surface area contributed by atoms with Crippen molar-refractivity contribution in [2.75, 3.05) is 31.6 Å². The predicted octanol–water partition coefficient (Wildman–Crippen LogP) is 2.32. The molecule has 2 aliphatic rings. The van der Waals surface area contributed by atoms with Gasteiger partial charge in [0.15, 0.2) is 5.65 Å². The number of nitrogens with zero attached hydrogens (tertiary/aromatic N) is 8. The van der Waals surface area contributed by atoms with Gasteiger partial charge in [0.2, 0.25) is 5.88 Å². The Hall–Kier alpha value is -3.95. The Balaban J connectivity index is 1.31. The topological polar surface area (TPSA) is 93.7 Å². The summed E-state index contributed by atoms with van der Waals surface area (Å²) in [5.41, 5.74) is 2.33. The SMILES string of the molecule is COc1ncccc1-c1cnn2ccc(N3CCN(C(=O)n4ccnc4)C4(CC4)C3)nc12. The summed E-state index contributed by atoms with van der Waals surface area (Å²) in [6.07, 6.45) is 12.3. The quantitative estimate of drug-likeness (QED) is 0.492. The summed E-state index contributed by atoms with van der Waals surface area (Å²) >= 11 is 0. The summed E-state index contributed by atoms with van der Waals surface area (Å²) in [4.78, 5) is 30.5. The Kier molecular flexibility index (Phi) is 4.14. The minimum Gasteiger partial charge on any atom is -0.481 e. The highest BCUT2D eigenvalue weighted by Crippen LogP contribution is 2.45. The Morgan fingerprint density at radius 1 is 1.12 bits per heavy atom. The van der Waals surface area contributed by atoms with Crippen LogP contribution in [-0.4, -0.2) is 72.3 Å². The second-order valence-electron chi connectivity index (χ2n) is 8.22. The molecule has 5 heterocycles. The molecule has 10 nitrogen and oxygen atoms in total. The van der Waals surface area contributed by atoms with Crippen molar-refractivity contribution in [3.63, 3.8) is 0 Å². The van der Waals surface area contributed by atoms with E-state index in [-0.39, 0.29) is 11.6 Å².